The molecule has 0 aliphatic heterocycles. The maximum atomic E-state index is 5.55. The van der Waals surface area contributed by atoms with Gasteiger partial charge in [0.15, 0.2) is 0 Å². The van der Waals surface area contributed by atoms with Gasteiger partial charge >= 0.3 is 0 Å². The molecule has 1 nitrogen and oxygen atoms in total. The highest BCUT2D eigenvalue weighted by Crippen LogP contribution is 2.27. The molecular formula is C10H20OSi. The molecule has 0 aromatic heterocycles. The minimum absolute atomic E-state index is 0.276. The van der Waals surface area contributed by atoms with E-state index in [1.54, 1.807) is 0 Å². The van der Waals surface area contributed by atoms with Gasteiger partial charge in [-0.1, -0.05) is 45.6 Å². The van der Waals surface area contributed by atoms with E-state index in [2.05, 4.69) is 27.0 Å². The molecule has 1 unspecified atom stereocenters. The fourth-order valence-corrected chi connectivity index (χ4v) is 2.25. The molecule has 0 saturated carbocycles. The van der Waals surface area contributed by atoms with Crippen LogP contribution >= 0.6 is 0 Å². The summed E-state index contributed by atoms with van der Waals surface area (Å²) < 4.78 is 5.55. The molecule has 2 heteroatoms. The molecule has 0 aromatic carbocycles. The first-order valence-corrected chi connectivity index (χ1v) is 5.30. The van der Waals surface area contributed by atoms with Gasteiger partial charge in [-0.05, 0) is 12.3 Å². The lowest BCUT2D eigenvalue weighted by Gasteiger charge is -2.32. The van der Waals surface area contributed by atoms with Gasteiger partial charge in [0.1, 0.15) is 10.5 Å². The largest absolute Gasteiger partial charge is 0.415 e. The highest BCUT2D eigenvalue weighted by Gasteiger charge is 2.27. The summed E-state index contributed by atoms with van der Waals surface area (Å²) in [5.74, 6) is 0.481. The Morgan fingerprint density at radius 3 is 2.25 bits per heavy atom. The van der Waals surface area contributed by atoms with Crippen LogP contribution in [0.5, 0.6) is 0 Å². The lowest BCUT2D eigenvalue weighted by atomic mass is 9.86. The third-order valence-electron chi connectivity index (χ3n) is 2.48. The van der Waals surface area contributed by atoms with Crippen LogP contribution in [0.1, 0.15) is 26.7 Å². The van der Waals surface area contributed by atoms with Crippen molar-refractivity contribution in [2.45, 2.75) is 32.3 Å². The quantitative estimate of drug-likeness (QED) is 0.452. The molecule has 0 saturated heterocycles. The van der Waals surface area contributed by atoms with Crippen LogP contribution in [0, 0.1) is 5.92 Å². The van der Waals surface area contributed by atoms with Gasteiger partial charge in [0.25, 0.3) is 0 Å². The van der Waals surface area contributed by atoms with Gasteiger partial charge in [0, 0.05) is 0 Å². The summed E-state index contributed by atoms with van der Waals surface area (Å²) in [7, 11) is 0.728. The second-order valence-corrected chi connectivity index (χ2v) is 3.56. The predicted octanol–water partition coefficient (Wildman–Crippen LogP) is 1.83. The summed E-state index contributed by atoms with van der Waals surface area (Å²) >= 11 is 0. The number of rotatable bonds is 6. The van der Waals surface area contributed by atoms with Crippen molar-refractivity contribution in [2.75, 3.05) is 0 Å². The van der Waals surface area contributed by atoms with Crippen molar-refractivity contribution in [3.8, 4) is 0 Å². The highest BCUT2D eigenvalue weighted by molar-refractivity contribution is 5.98. The Balaban J connectivity index is 4.45. The van der Waals surface area contributed by atoms with E-state index in [0.29, 0.717) is 5.92 Å². The molecule has 0 bridgehead atoms. The van der Waals surface area contributed by atoms with E-state index in [0.717, 1.165) is 16.9 Å². The van der Waals surface area contributed by atoms with E-state index in [-0.39, 0.29) is 5.60 Å². The number of hydrogen-bond acceptors (Lipinski definition) is 1. The van der Waals surface area contributed by atoms with Crippen LogP contribution < -0.4 is 0 Å². The smallest absolute Gasteiger partial charge is 0.147 e. The molecule has 0 fully saturated rings. The van der Waals surface area contributed by atoms with Crippen LogP contribution in [-0.4, -0.2) is 16.1 Å². The molecule has 0 aliphatic rings. The molecule has 70 valence electrons. The first-order chi connectivity index (χ1) is 5.66. The summed E-state index contributed by atoms with van der Waals surface area (Å²) in [6, 6.07) is 0. The Kier molecular flexibility index (Phi) is 5.18. The van der Waals surface area contributed by atoms with Crippen molar-refractivity contribution >= 4 is 10.5 Å². The Hall–Kier alpha value is -0.343. The van der Waals surface area contributed by atoms with Gasteiger partial charge in [-0.25, -0.2) is 0 Å². The summed E-state index contributed by atoms with van der Waals surface area (Å²) in [6.45, 7) is 12.0. The van der Waals surface area contributed by atoms with Crippen molar-refractivity contribution in [1.29, 1.82) is 0 Å². The Bertz CT molecular complexity index is 146. The topological polar surface area (TPSA) is 9.23 Å². The van der Waals surface area contributed by atoms with Crippen molar-refractivity contribution in [1.82, 2.24) is 0 Å². The summed E-state index contributed by atoms with van der Waals surface area (Å²) in [5, 5.41) is 0. The maximum Gasteiger partial charge on any atom is 0.147 e. The molecule has 0 N–H and O–H groups in total. The molecule has 12 heavy (non-hydrogen) atoms. The van der Waals surface area contributed by atoms with Crippen LogP contribution in [0.15, 0.2) is 25.3 Å². The fourth-order valence-electron chi connectivity index (χ4n) is 1.51. The molecule has 0 amide bonds. The zero-order chi connectivity index (χ0) is 9.61. The van der Waals surface area contributed by atoms with Crippen LogP contribution in [0.2, 0.25) is 0 Å². The minimum Gasteiger partial charge on any atom is -0.415 e. The van der Waals surface area contributed by atoms with Crippen molar-refractivity contribution in [3.05, 3.63) is 25.3 Å². The second-order valence-electron chi connectivity index (χ2n) is 3.16. The molecule has 0 radical (unpaired) electrons. The zero-order valence-corrected chi connectivity index (χ0v) is 10.5. The van der Waals surface area contributed by atoms with Crippen LogP contribution in [-0.2, 0) is 4.43 Å². The van der Waals surface area contributed by atoms with Gasteiger partial charge < -0.3 is 4.43 Å². The van der Waals surface area contributed by atoms with Crippen LogP contribution in [0.3, 0.4) is 0 Å². The van der Waals surface area contributed by atoms with Gasteiger partial charge in [-0.2, -0.15) is 0 Å². The van der Waals surface area contributed by atoms with Gasteiger partial charge in [0.05, 0.1) is 5.60 Å². The zero-order valence-electron chi connectivity index (χ0n) is 8.47. The Labute approximate surface area is 79.1 Å². The van der Waals surface area contributed by atoms with E-state index in [9.17, 15) is 0 Å². The average molecular weight is 184 g/mol. The minimum atomic E-state index is -0.276. The summed E-state index contributed by atoms with van der Waals surface area (Å²) in [4.78, 5) is 0. The lowest BCUT2D eigenvalue weighted by Crippen LogP contribution is -2.34. The monoisotopic (exact) mass is 184 g/mol. The molecular weight excluding hydrogens is 164 g/mol. The van der Waals surface area contributed by atoms with Crippen molar-refractivity contribution in [2.24, 2.45) is 5.92 Å². The Morgan fingerprint density at radius 1 is 1.50 bits per heavy atom. The second kappa shape index (κ2) is 5.33. The van der Waals surface area contributed by atoms with E-state index < -0.39 is 0 Å². The molecule has 0 spiro atoms. The molecule has 0 rings (SSSR count). The first-order valence-electron chi connectivity index (χ1n) is 4.49. The predicted molar refractivity (Wildman–Crippen MR) is 58.2 cm³/mol. The van der Waals surface area contributed by atoms with E-state index in [4.69, 9.17) is 4.43 Å². The standard InChI is InChI=1S/C10H20OSi/c1-5-8-9(4)10(6-2,7-3)11-12/h6-7,9H,2-3,5,8H2,1,4,12H3. The fraction of sp³-hybridized carbons (Fsp3) is 0.600. The average Bonchev–Trinajstić information content (AvgIpc) is 2.09. The SMILES string of the molecule is C=CC(C=C)(O[SiH3])C(C)CCC. The molecule has 1 atom stereocenters. The normalized spacial score (nSPS) is 14.2. The maximum absolute atomic E-state index is 5.55. The molecule has 0 aliphatic carbocycles. The summed E-state index contributed by atoms with van der Waals surface area (Å²) in [5.41, 5.74) is -0.276. The number of hydrogen-bond donors (Lipinski definition) is 0. The van der Waals surface area contributed by atoms with Crippen molar-refractivity contribution < 1.29 is 4.43 Å². The van der Waals surface area contributed by atoms with Crippen LogP contribution in [0.25, 0.3) is 0 Å². The molecule has 0 aromatic rings. The highest BCUT2D eigenvalue weighted by atomic mass is 28.2. The third-order valence-corrected chi connectivity index (χ3v) is 3.19. The van der Waals surface area contributed by atoms with E-state index in [1.807, 2.05) is 12.2 Å². The van der Waals surface area contributed by atoms with Crippen molar-refractivity contribution in [3.63, 3.8) is 0 Å². The summed E-state index contributed by atoms with van der Waals surface area (Å²) in [6.07, 6.45) is 6.07. The first kappa shape index (κ1) is 11.7. The van der Waals surface area contributed by atoms with E-state index in [1.165, 1.54) is 6.42 Å². The van der Waals surface area contributed by atoms with Crippen LogP contribution in [0.4, 0.5) is 0 Å². The third kappa shape index (κ3) is 2.32. The van der Waals surface area contributed by atoms with E-state index >= 15 is 0 Å². The van der Waals surface area contributed by atoms with Gasteiger partial charge in [-0.15, -0.1) is 0 Å². The Morgan fingerprint density at radius 2 is 2.00 bits per heavy atom. The van der Waals surface area contributed by atoms with Gasteiger partial charge in [0.2, 0.25) is 0 Å². The molecule has 0 heterocycles. The van der Waals surface area contributed by atoms with Gasteiger partial charge in [-0.3, -0.25) is 0 Å². The lowest BCUT2D eigenvalue weighted by molar-refractivity contribution is 0.118.